The Hall–Kier alpha value is -1.77. The highest BCUT2D eigenvalue weighted by Gasteiger charge is 2.38. The number of benzene rings is 1. The van der Waals surface area contributed by atoms with Crippen molar-refractivity contribution in [3.8, 4) is 0 Å². The molecule has 3 rings (SSSR count). The summed E-state index contributed by atoms with van der Waals surface area (Å²) in [7, 11) is -1.83. The molecule has 8 heteroatoms. The third-order valence-corrected chi connectivity index (χ3v) is 5.19. The number of nitrogens with zero attached hydrogens (tertiary/aromatic N) is 3. The maximum absolute atomic E-state index is 13.0. The number of halogens is 1. The molecule has 1 fully saturated rings. The first-order valence-corrected chi connectivity index (χ1v) is 8.23. The van der Waals surface area contributed by atoms with Gasteiger partial charge in [-0.15, -0.1) is 0 Å². The van der Waals surface area contributed by atoms with Crippen molar-refractivity contribution in [3.63, 3.8) is 0 Å². The fourth-order valence-electron chi connectivity index (χ4n) is 2.20. The lowest BCUT2D eigenvalue weighted by atomic mass is 10.2. The SMILES string of the molecule is Cn1cnc(S(=O)(=O)N2CC(OCc3cccc(F)c3)C2)c1. The lowest BCUT2D eigenvalue weighted by molar-refractivity contribution is -0.0297. The van der Waals surface area contributed by atoms with Crippen LogP contribution in [0.25, 0.3) is 0 Å². The number of imidazole rings is 1. The van der Waals surface area contributed by atoms with Gasteiger partial charge in [-0.05, 0) is 17.7 Å². The second kappa shape index (κ2) is 5.79. The molecule has 0 N–H and O–H groups in total. The summed E-state index contributed by atoms with van der Waals surface area (Å²) in [5.74, 6) is -0.311. The Morgan fingerprint density at radius 2 is 2.18 bits per heavy atom. The summed E-state index contributed by atoms with van der Waals surface area (Å²) in [6.45, 7) is 0.836. The van der Waals surface area contributed by atoms with E-state index in [0.29, 0.717) is 0 Å². The smallest absolute Gasteiger partial charge is 0.262 e. The van der Waals surface area contributed by atoms with Crippen LogP contribution in [0.4, 0.5) is 4.39 Å². The summed E-state index contributed by atoms with van der Waals surface area (Å²) >= 11 is 0. The normalized spacial score (nSPS) is 16.6. The van der Waals surface area contributed by atoms with E-state index in [4.69, 9.17) is 4.74 Å². The molecule has 0 aliphatic carbocycles. The zero-order valence-electron chi connectivity index (χ0n) is 12.0. The quantitative estimate of drug-likeness (QED) is 0.827. The van der Waals surface area contributed by atoms with Gasteiger partial charge in [-0.3, -0.25) is 0 Å². The van der Waals surface area contributed by atoms with Crippen LogP contribution in [0.5, 0.6) is 0 Å². The molecule has 2 aromatic rings. The molecule has 0 spiro atoms. The summed E-state index contributed by atoms with van der Waals surface area (Å²) in [6, 6.07) is 6.16. The fraction of sp³-hybridized carbons (Fsp3) is 0.357. The molecule has 1 saturated heterocycles. The topological polar surface area (TPSA) is 64.4 Å². The van der Waals surface area contributed by atoms with Gasteiger partial charge < -0.3 is 9.30 Å². The second-order valence-corrected chi connectivity index (χ2v) is 7.15. The van der Waals surface area contributed by atoms with Gasteiger partial charge in [-0.2, -0.15) is 4.31 Å². The zero-order chi connectivity index (χ0) is 15.7. The summed E-state index contributed by atoms with van der Waals surface area (Å²) in [6.07, 6.45) is 2.74. The highest BCUT2D eigenvalue weighted by atomic mass is 32.2. The average Bonchev–Trinajstić information content (AvgIpc) is 2.84. The summed E-state index contributed by atoms with van der Waals surface area (Å²) in [5, 5.41) is 0.0404. The number of hydrogen-bond acceptors (Lipinski definition) is 4. The van der Waals surface area contributed by atoms with Gasteiger partial charge in [0.15, 0.2) is 5.03 Å². The number of hydrogen-bond donors (Lipinski definition) is 0. The highest BCUT2D eigenvalue weighted by Crippen LogP contribution is 2.22. The lowest BCUT2D eigenvalue weighted by Gasteiger charge is -2.37. The van der Waals surface area contributed by atoms with Crippen LogP contribution in [0.1, 0.15) is 5.56 Å². The Morgan fingerprint density at radius 3 is 2.82 bits per heavy atom. The largest absolute Gasteiger partial charge is 0.371 e. The maximum Gasteiger partial charge on any atom is 0.262 e. The minimum Gasteiger partial charge on any atom is -0.371 e. The van der Waals surface area contributed by atoms with Crippen molar-refractivity contribution in [1.82, 2.24) is 13.9 Å². The van der Waals surface area contributed by atoms with Crippen LogP contribution in [-0.4, -0.2) is 41.5 Å². The van der Waals surface area contributed by atoms with Crippen LogP contribution >= 0.6 is 0 Å². The van der Waals surface area contributed by atoms with E-state index in [1.165, 1.54) is 29.0 Å². The average molecular weight is 325 g/mol. The van der Waals surface area contributed by atoms with Crippen molar-refractivity contribution in [2.75, 3.05) is 13.1 Å². The Morgan fingerprint density at radius 1 is 1.41 bits per heavy atom. The van der Waals surface area contributed by atoms with Crippen molar-refractivity contribution in [2.24, 2.45) is 7.05 Å². The molecule has 118 valence electrons. The van der Waals surface area contributed by atoms with E-state index in [-0.39, 0.29) is 36.6 Å². The lowest BCUT2D eigenvalue weighted by Crippen LogP contribution is -2.54. The number of rotatable bonds is 5. The zero-order valence-corrected chi connectivity index (χ0v) is 12.8. The maximum atomic E-state index is 13.0. The van der Waals surface area contributed by atoms with Crippen LogP contribution in [-0.2, 0) is 28.4 Å². The molecule has 0 unspecified atom stereocenters. The molecule has 0 radical (unpaired) electrons. The van der Waals surface area contributed by atoms with E-state index < -0.39 is 10.0 Å². The molecular weight excluding hydrogens is 309 g/mol. The van der Waals surface area contributed by atoms with Gasteiger partial charge >= 0.3 is 0 Å². The molecule has 0 amide bonds. The summed E-state index contributed by atoms with van der Waals surface area (Å²) in [5.41, 5.74) is 0.728. The van der Waals surface area contributed by atoms with Crippen molar-refractivity contribution in [3.05, 3.63) is 48.2 Å². The third kappa shape index (κ3) is 3.03. The predicted molar refractivity (Wildman–Crippen MR) is 76.9 cm³/mol. The Kier molecular flexibility index (Phi) is 3.98. The number of ether oxygens (including phenoxy) is 1. The van der Waals surface area contributed by atoms with Gasteiger partial charge in [-0.1, -0.05) is 12.1 Å². The standard InChI is InChI=1S/C14H16FN3O3S/c1-17-8-14(16-10-17)22(19,20)18-6-13(7-18)21-9-11-3-2-4-12(15)5-11/h2-5,8,10,13H,6-7,9H2,1H3. The van der Waals surface area contributed by atoms with E-state index in [2.05, 4.69) is 4.98 Å². The van der Waals surface area contributed by atoms with Gasteiger partial charge in [0.25, 0.3) is 10.0 Å². The van der Waals surface area contributed by atoms with Crippen LogP contribution in [0, 0.1) is 5.82 Å². The molecule has 22 heavy (non-hydrogen) atoms. The third-order valence-electron chi connectivity index (χ3n) is 3.47. The van der Waals surface area contributed by atoms with Crippen LogP contribution < -0.4 is 0 Å². The van der Waals surface area contributed by atoms with E-state index in [9.17, 15) is 12.8 Å². The number of aryl methyl sites for hydroxylation is 1. The highest BCUT2D eigenvalue weighted by molar-refractivity contribution is 7.89. The molecular formula is C14H16FN3O3S. The molecule has 1 aliphatic heterocycles. The molecule has 1 aliphatic rings. The Bertz CT molecular complexity index is 769. The van der Waals surface area contributed by atoms with Crippen molar-refractivity contribution in [1.29, 1.82) is 0 Å². The molecule has 1 aromatic heterocycles. The van der Waals surface area contributed by atoms with Crippen LogP contribution in [0.2, 0.25) is 0 Å². The van der Waals surface area contributed by atoms with E-state index in [1.807, 2.05) is 0 Å². The number of aromatic nitrogens is 2. The molecule has 6 nitrogen and oxygen atoms in total. The van der Waals surface area contributed by atoms with Crippen molar-refractivity contribution in [2.45, 2.75) is 17.7 Å². The van der Waals surface area contributed by atoms with Gasteiger partial charge in [0.2, 0.25) is 0 Å². The van der Waals surface area contributed by atoms with Crippen molar-refractivity contribution < 1.29 is 17.5 Å². The van der Waals surface area contributed by atoms with E-state index in [1.54, 1.807) is 23.7 Å². The van der Waals surface area contributed by atoms with Gasteiger partial charge in [0.1, 0.15) is 5.82 Å². The molecule has 2 heterocycles. The van der Waals surface area contributed by atoms with Gasteiger partial charge in [0, 0.05) is 26.3 Å². The fourth-order valence-corrected chi connectivity index (χ4v) is 3.67. The molecule has 0 atom stereocenters. The monoisotopic (exact) mass is 325 g/mol. The first-order valence-electron chi connectivity index (χ1n) is 6.79. The first kappa shape index (κ1) is 15.1. The minimum absolute atomic E-state index is 0.0404. The second-order valence-electron chi connectivity index (χ2n) is 5.26. The van der Waals surface area contributed by atoms with Gasteiger partial charge in [-0.25, -0.2) is 17.8 Å². The summed E-state index contributed by atoms with van der Waals surface area (Å²) in [4.78, 5) is 3.87. The predicted octanol–water partition coefficient (Wildman–Crippen LogP) is 1.15. The van der Waals surface area contributed by atoms with Crippen molar-refractivity contribution >= 4 is 10.0 Å². The molecule has 0 saturated carbocycles. The van der Waals surface area contributed by atoms with Crippen LogP contribution in [0.15, 0.2) is 41.8 Å². The Labute approximate surface area is 128 Å². The van der Waals surface area contributed by atoms with Gasteiger partial charge in [0.05, 0.1) is 19.0 Å². The van der Waals surface area contributed by atoms with E-state index in [0.717, 1.165) is 5.56 Å². The van der Waals surface area contributed by atoms with Crippen LogP contribution in [0.3, 0.4) is 0 Å². The molecule has 0 bridgehead atoms. The molecule has 1 aromatic carbocycles. The van der Waals surface area contributed by atoms with E-state index >= 15 is 0 Å². The summed E-state index contributed by atoms with van der Waals surface area (Å²) < 4.78 is 46.0. The number of sulfonamides is 1. The first-order chi connectivity index (χ1) is 10.4. The minimum atomic E-state index is -3.54. The Balaban J connectivity index is 1.54.